The molecule has 0 fully saturated rings. The van der Waals surface area contributed by atoms with E-state index in [9.17, 15) is 18.0 Å². The number of nitrogens with one attached hydrogen (secondary N) is 1. The number of ether oxygens (including phenoxy) is 1. The fraction of sp³-hybridized carbons (Fsp3) is 0.333. The van der Waals surface area contributed by atoms with Gasteiger partial charge in [0.2, 0.25) is 11.8 Å². The summed E-state index contributed by atoms with van der Waals surface area (Å²) in [6.07, 6.45) is 0.731. The highest BCUT2D eigenvalue weighted by Crippen LogP contribution is 2.33. The van der Waals surface area contributed by atoms with Crippen molar-refractivity contribution >= 4 is 43.5 Å². The summed E-state index contributed by atoms with van der Waals surface area (Å²) in [5, 5.41) is 2.93. The first-order valence-corrected chi connectivity index (χ1v) is 15.5. The van der Waals surface area contributed by atoms with Crippen LogP contribution in [0, 0.1) is 0 Å². The fourth-order valence-corrected chi connectivity index (χ4v) is 5.95. The Hall–Kier alpha value is -3.37. The van der Waals surface area contributed by atoms with Gasteiger partial charge in [0.15, 0.2) is 0 Å². The molecule has 0 unspecified atom stereocenters. The van der Waals surface area contributed by atoms with Gasteiger partial charge < -0.3 is 15.0 Å². The van der Waals surface area contributed by atoms with Crippen LogP contribution in [0.25, 0.3) is 0 Å². The molecule has 0 aliphatic rings. The highest BCUT2D eigenvalue weighted by atomic mass is 79.9. The number of sulfonamides is 1. The van der Waals surface area contributed by atoms with Crippen LogP contribution in [0.2, 0.25) is 0 Å². The first-order valence-electron chi connectivity index (χ1n) is 13.2. The largest absolute Gasteiger partial charge is 0.492 e. The lowest BCUT2D eigenvalue weighted by Gasteiger charge is -2.33. The summed E-state index contributed by atoms with van der Waals surface area (Å²) < 4.78 is 35.5. The van der Waals surface area contributed by atoms with E-state index in [4.69, 9.17) is 4.74 Å². The molecule has 0 saturated carbocycles. The van der Waals surface area contributed by atoms with Crippen LogP contribution in [0.1, 0.15) is 39.7 Å². The van der Waals surface area contributed by atoms with Gasteiger partial charge in [-0.3, -0.25) is 13.9 Å². The smallest absolute Gasteiger partial charge is 0.264 e. The van der Waals surface area contributed by atoms with Gasteiger partial charge in [-0.15, -0.1) is 0 Å². The van der Waals surface area contributed by atoms with Crippen LogP contribution >= 0.6 is 15.9 Å². The summed E-state index contributed by atoms with van der Waals surface area (Å²) >= 11 is 3.46. The third-order valence-electron chi connectivity index (χ3n) is 6.45. The molecule has 3 rings (SSSR count). The number of benzene rings is 3. The Labute approximate surface area is 245 Å². The van der Waals surface area contributed by atoms with Crippen LogP contribution in [0.3, 0.4) is 0 Å². The number of anilines is 1. The van der Waals surface area contributed by atoms with Crippen LogP contribution < -0.4 is 14.4 Å². The quantitative estimate of drug-likeness (QED) is 0.274. The zero-order chi connectivity index (χ0) is 29.3. The zero-order valence-corrected chi connectivity index (χ0v) is 25.6. The lowest BCUT2D eigenvalue weighted by atomic mass is 10.1. The van der Waals surface area contributed by atoms with Crippen molar-refractivity contribution in [2.45, 2.75) is 57.6 Å². The number of amides is 2. The van der Waals surface area contributed by atoms with Crippen LogP contribution in [-0.2, 0) is 26.2 Å². The first kappa shape index (κ1) is 31.2. The van der Waals surface area contributed by atoms with E-state index in [2.05, 4.69) is 21.2 Å². The summed E-state index contributed by atoms with van der Waals surface area (Å²) in [6, 6.07) is 21.1. The molecule has 10 heteroatoms. The minimum atomic E-state index is -4.17. The number of carbonyl (C=O) groups excluding carboxylic acids is 2. The van der Waals surface area contributed by atoms with Gasteiger partial charge in [0, 0.05) is 17.1 Å². The molecule has 2 atom stereocenters. The maximum Gasteiger partial charge on any atom is 0.264 e. The normalized spacial score (nSPS) is 12.7. The van der Waals surface area contributed by atoms with Crippen molar-refractivity contribution in [2.24, 2.45) is 0 Å². The number of para-hydroxylation sites is 2. The predicted molar refractivity (Wildman–Crippen MR) is 161 cm³/mol. The molecule has 3 aromatic rings. The van der Waals surface area contributed by atoms with Crippen molar-refractivity contribution in [2.75, 3.05) is 17.5 Å². The van der Waals surface area contributed by atoms with Crippen LogP contribution in [-0.4, -0.2) is 50.4 Å². The van der Waals surface area contributed by atoms with E-state index in [1.54, 1.807) is 56.3 Å². The third kappa shape index (κ3) is 7.85. The van der Waals surface area contributed by atoms with E-state index >= 15 is 0 Å². The van der Waals surface area contributed by atoms with Gasteiger partial charge >= 0.3 is 0 Å². The fourth-order valence-electron chi connectivity index (χ4n) is 4.05. The van der Waals surface area contributed by atoms with E-state index in [1.807, 2.05) is 38.1 Å². The Morgan fingerprint density at radius 3 is 2.27 bits per heavy atom. The molecule has 0 aliphatic heterocycles. The summed E-state index contributed by atoms with van der Waals surface area (Å²) in [4.78, 5) is 28.7. The Bertz CT molecular complexity index is 1400. The zero-order valence-electron chi connectivity index (χ0n) is 23.2. The van der Waals surface area contributed by atoms with Crippen molar-refractivity contribution in [1.29, 1.82) is 0 Å². The van der Waals surface area contributed by atoms with Crippen molar-refractivity contribution in [3.8, 4) is 5.75 Å². The summed E-state index contributed by atoms with van der Waals surface area (Å²) in [6.45, 7) is 7.20. The SMILES string of the molecule is CCOc1ccccc1N(CC(=O)N(Cc1cccc(Br)c1)[C@@H](C)C(=O)N[C@H](C)CC)S(=O)(=O)c1ccccc1. The Kier molecular flexibility index (Phi) is 11.2. The molecule has 2 amide bonds. The van der Waals surface area contributed by atoms with Gasteiger partial charge in [-0.05, 0) is 69.2 Å². The Morgan fingerprint density at radius 2 is 1.62 bits per heavy atom. The average Bonchev–Trinajstić information content (AvgIpc) is 2.95. The molecule has 0 spiro atoms. The van der Waals surface area contributed by atoms with E-state index in [0.29, 0.717) is 12.4 Å². The molecule has 8 nitrogen and oxygen atoms in total. The monoisotopic (exact) mass is 629 g/mol. The maximum absolute atomic E-state index is 14.1. The van der Waals surface area contributed by atoms with Crippen LogP contribution in [0.4, 0.5) is 5.69 Å². The van der Waals surface area contributed by atoms with Gasteiger partial charge in [-0.1, -0.05) is 65.3 Å². The second-order valence-corrected chi connectivity index (χ2v) is 12.1. The molecule has 40 heavy (non-hydrogen) atoms. The van der Waals surface area contributed by atoms with E-state index < -0.39 is 28.5 Å². The molecule has 3 aromatic carbocycles. The number of hydrogen-bond acceptors (Lipinski definition) is 5. The number of halogens is 1. The molecule has 0 aromatic heterocycles. The standard InChI is InChI=1S/C30H36BrN3O5S/c1-5-22(3)32-30(36)23(4)33(20-24-13-12-14-25(31)19-24)29(35)21-34(27-17-10-11-18-28(27)39-6-2)40(37,38)26-15-8-7-9-16-26/h7-19,22-23H,5-6,20-21H2,1-4H3,(H,32,36)/t22-,23+/m1/s1. The highest BCUT2D eigenvalue weighted by molar-refractivity contribution is 9.10. The lowest BCUT2D eigenvalue weighted by Crippen LogP contribution is -2.52. The van der Waals surface area contributed by atoms with Crippen LogP contribution in [0.15, 0.2) is 88.2 Å². The van der Waals surface area contributed by atoms with Crippen molar-refractivity contribution < 1.29 is 22.7 Å². The van der Waals surface area contributed by atoms with E-state index in [-0.39, 0.29) is 29.1 Å². The minimum Gasteiger partial charge on any atom is -0.492 e. The second kappa shape index (κ2) is 14.3. The number of hydrogen-bond donors (Lipinski definition) is 1. The molecular formula is C30H36BrN3O5S. The third-order valence-corrected chi connectivity index (χ3v) is 8.72. The predicted octanol–water partition coefficient (Wildman–Crippen LogP) is 5.38. The van der Waals surface area contributed by atoms with Gasteiger partial charge in [0.05, 0.1) is 17.2 Å². The summed E-state index contributed by atoms with van der Waals surface area (Å²) in [5.74, 6) is -0.513. The Morgan fingerprint density at radius 1 is 0.950 bits per heavy atom. The highest BCUT2D eigenvalue weighted by Gasteiger charge is 2.34. The molecular weight excluding hydrogens is 594 g/mol. The molecule has 0 saturated heterocycles. The number of nitrogens with zero attached hydrogens (tertiary/aromatic N) is 2. The van der Waals surface area contributed by atoms with E-state index in [0.717, 1.165) is 20.8 Å². The van der Waals surface area contributed by atoms with Gasteiger partial charge in [0.1, 0.15) is 18.3 Å². The van der Waals surface area contributed by atoms with Crippen molar-refractivity contribution in [3.63, 3.8) is 0 Å². The van der Waals surface area contributed by atoms with E-state index in [1.165, 1.54) is 17.0 Å². The van der Waals surface area contributed by atoms with Gasteiger partial charge in [-0.25, -0.2) is 8.42 Å². The topological polar surface area (TPSA) is 96.0 Å². The Balaban J connectivity index is 2.06. The number of carbonyl (C=O) groups is 2. The van der Waals surface area contributed by atoms with Crippen molar-refractivity contribution in [3.05, 3.63) is 88.9 Å². The molecule has 0 bridgehead atoms. The maximum atomic E-state index is 14.1. The van der Waals surface area contributed by atoms with Gasteiger partial charge in [0.25, 0.3) is 10.0 Å². The molecule has 0 aliphatic carbocycles. The van der Waals surface area contributed by atoms with Crippen molar-refractivity contribution in [1.82, 2.24) is 10.2 Å². The summed E-state index contributed by atoms with van der Waals surface area (Å²) in [7, 11) is -4.17. The van der Waals surface area contributed by atoms with Gasteiger partial charge in [-0.2, -0.15) is 0 Å². The number of rotatable bonds is 13. The molecule has 1 N–H and O–H groups in total. The molecule has 0 radical (unpaired) electrons. The minimum absolute atomic E-state index is 0.0372. The molecule has 0 heterocycles. The first-order chi connectivity index (χ1) is 19.1. The second-order valence-electron chi connectivity index (χ2n) is 9.37. The lowest BCUT2D eigenvalue weighted by molar-refractivity contribution is -0.139. The average molecular weight is 631 g/mol. The summed E-state index contributed by atoms with van der Waals surface area (Å²) in [5.41, 5.74) is 1.03. The molecule has 214 valence electrons. The van der Waals surface area contributed by atoms with Crippen LogP contribution in [0.5, 0.6) is 5.75 Å².